The van der Waals surface area contributed by atoms with Crippen molar-refractivity contribution in [2.24, 2.45) is 0 Å². The van der Waals surface area contributed by atoms with Crippen LogP contribution in [0.4, 0.5) is 8.78 Å². The number of hydrogen-bond acceptors (Lipinski definition) is 0. The molecule has 88 valence electrons. The van der Waals surface area contributed by atoms with Crippen molar-refractivity contribution in [2.75, 3.05) is 0 Å². The fourth-order valence-corrected chi connectivity index (χ4v) is 5.26. The highest BCUT2D eigenvalue weighted by molar-refractivity contribution is 9.10. The van der Waals surface area contributed by atoms with Gasteiger partial charge in [-0.25, -0.2) is 8.78 Å². The van der Waals surface area contributed by atoms with Gasteiger partial charge in [0.25, 0.3) is 0 Å². The van der Waals surface area contributed by atoms with Crippen LogP contribution in [0.3, 0.4) is 0 Å². The molecule has 0 unspecified atom stereocenters. The Labute approximate surface area is 125 Å². The molecule has 0 bridgehead atoms. The predicted molar refractivity (Wildman–Crippen MR) is 65.6 cm³/mol. The molecule has 0 heterocycles. The van der Waals surface area contributed by atoms with Crippen molar-refractivity contribution in [3.05, 3.63) is 64.1 Å². The van der Waals surface area contributed by atoms with E-state index in [-0.39, 0.29) is 11.6 Å². The van der Waals surface area contributed by atoms with Crippen LogP contribution in [-0.2, 0) is 0 Å². The summed E-state index contributed by atoms with van der Waals surface area (Å²) in [4.78, 5) is 0. The summed E-state index contributed by atoms with van der Waals surface area (Å²) < 4.78 is 29.9. The fraction of sp³-hybridized carbons (Fsp3) is 0. The summed E-state index contributed by atoms with van der Waals surface area (Å²) in [6, 6.07) is 9.50. The lowest BCUT2D eigenvalue weighted by Crippen LogP contribution is -3.62. The molecule has 5 heteroatoms. The van der Waals surface area contributed by atoms with Gasteiger partial charge in [-0.05, 0) is 24.3 Å². The van der Waals surface area contributed by atoms with Gasteiger partial charge in [-0.3, -0.25) is 0 Å². The highest BCUT2D eigenvalue weighted by atomic mass is 127. The molecule has 0 aliphatic rings. The smallest absolute Gasteiger partial charge is 0.202 e. The molecule has 0 nitrogen and oxygen atoms in total. The summed E-state index contributed by atoms with van der Waals surface area (Å²) >= 11 is 5.72. The van der Waals surface area contributed by atoms with E-state index < -0.39 is 21.2 Å². The van der Waals surface area contributed by atoms with E-state index in [9.17, 15) is 8.78 Å². The third-order valence-corrected chi connectivity index (χ3v) is 5.77. The van der Waals surface area contributed by atoms with E-state index in [1.807, 2.05) is 0 Å². The molecular formula is C12H6Br2F2I+. The molecule has 0 radical (unpaired) electrons. The zero-order chi connectivity index (χ0) is 12.4. The number of benzene rings is 2. The Kier molecular flexibility index (Phi) is 4.54. The molecule has 2 rings (SSSR count). The molecule has 0 N–H and O–H groups in total. The highest BCUT2D eigenvalue weighted by Crippen LogP contribution is 2.11. The summed E-state index contributed by atoms with van der Waals surface area (Å²) in [6.45, 7) is 0. The fourth-order valence-electron chi connectivity index (χ4n) is 1.20. The standard InChI is InChI=1S/C12H6Br2F2I/c13-7-1-3-9(15)11(5-7)17-12-6-8(14)2-4-10(12)16/h1-6H/q+1. The van der Waals surface area contributed by atoms with Crippen LogP contribution < -0.4 is 21.2 Å². The molecule has 0 amide bonds. The molecule has 0 spiro atoms. The minimum atomic E-state index is -0.858. The van der Waals surface area contributed by atoms with Gasteiger partial charge >= 0.3 is 21.2 Å². The molecule has 0 atom stereocenters. The molecule has 0 saturated carbocycles. The summed E-state index contributed by atoms with van der Waals surface area (Å²) in [6.07, 6.45) is 0. The molecule has 0 aliphatic carbocycles. The first-order chi connectivity index (χ1) is 8.06. The normalized spacial score (nSPS) is 10.6. The first-order valence-corrected chi connectivity index (χ1v) is 8.35. The van der Waals surface area contributed by atoms with Gasteiger partial charge < -0.3 is 0 Å². The van der Waals surface area contributed by atoms with E-state index in [0.29, 0.717) is 7.14 Å². The van der Waals surface area contributed by atoms with Gasteiger partial charge in [-0.15, -0.1) is 0 Å². The van der Waals surface area contributed by atoms with E-state index in [4.69, 9.17) is 0 Å². The number of hydrogen-bond donors (Lipinski definition) is 0. The summed E-state index contributed by atoms with van der Waals surface area (Å²) in [7, 11) is 0. The van der Waals surface area contributed by atoms with Crippen molar-refractivity contribution < 1.29 is 30.0 Å². The Balaban J connectivity index is 2.37. The van der Waals surface area contributed by atoms with Crippen LogP contribution in [0, 0.1) is 18.8 Å². The van der Waals surface area contributed by atoms with Crippen LogP contribution in [0.25, 0.3) is 0 Å². The lowest BCUT2D eigenvalue weighted by atomic mass is 10.4. The van der Waals surface area contributed by atoms with Crippen molar-refractivity contribution in [2.45, 2.75) is 0 Å². The summed E-state index contributed by atoms with van der Waals surface area (Å²) in [5, 5.41) is 0. The molecule has 17 heavy (non-hydrogen) atoms. The highest BCUT2D eigenvalue weighted by Gasteiger charge is 2.24. The summed E-state index contributed by atoms with van der Waals surface area (Å²) in [5.74, 6) is -0.555. The lowest BCUT2D eigenvalue weighted by Gasteiger charge is -1.94. The average Bonchev–Trinajstić information content (AvgIpc) is 2.28. The second kappa shape index (κ2) is 5.75. The Bertz CT molecular complexity index is 509. The molecule has 0 fully saturated rings. The molecule has 0 aliphatic heterocycles. The minimum absolute atomic E-state index is 0.277. The minimum Gasteiger partial charge on any atom is -0.202 e. The van der Waals surface area contributed by atoms with E-state index in [1.165, 1.54) is 12.1 Å². The molecule has 2 aromatic carbocycles. The van der Waals surface area contributed by atoms with Gasteiger partial charge in [0.1, 0.15) is 0 Å². The molecular weight excluding hydrogens is 469 g/mol. The first kappa shape index (κ1) is 13.4. The largest absolute Gasteiger partial charge is 0.364 e. The molecule has 2 aromatic rings. The van der Waals surface area contributed by atoms with Crippen LogP contribution in [0.1, 0.15) is 0 Å². The monoisotopic (exact) mass is 473 g/mol. The Hall–Kier alpha value is -0.0100. The zero-order valence-electron chi connectivity index (χ0n) is 8.35. The van der Waals surface area contributed by atoms with Gasteiger partial charge in [-0.1, -0.05) is 31.9 Å². The number of rotatable bonds is 2. The Morgan fingerprint density at radius 3 is 1.59 bits per heavy atom. The van der Waals surface area contributed by atoms with Crippen LogP contribution in [-0.4, -0.2) is 0 Å². The second-order valence-electron chi connectivity index (χ2n) is 3.21. The average molecular weight is 475 g/mol. The Morgan fingerprint density at radius 1 is 0.765 bits per heavy atom. The quantitative estimate of drug-likeness (QED) is 0.458. The maximum absolute atomic E-state index is 13.6. The van der Waals surface area contributed by atoms with Crippen LogP contribution in [0.2, 0.25) is 0 Å². The van der Waals surface area contributed by atoms with Crippen molar-refractivity contribution in [3.63, 3.8) is 0 Å². The van der Waals surface area contributed by atoms with Gasteiger partial charge in [0.05, 0.1) is 0 Å². The van der Waals surface area contributed by atoms with E-state index in [2.05, 4.69) is 31.9 Å². The summed E-state index contributed by atoms with van der Waals surface area (Å²) in [5.41, 5.74) is 0. The SMILES string of the molecule is Fc1ccc(Br)cc1[I+]c1cc(Br)ccc1F. The van der Waals surface area contributed by atoms with Gasteiger partial charge in [-0.2, -0.15) is 0 Å². The van der Waals surface area contributed by atoms with Gasteiger partial charge in [0.15, 0.2) is 11.6 Å². The molecule has 0 aromatic heterocycles. The lowest BCUT2D eigenvalue weighted by molar-refractivity contribution is -0.603. The van der Waals surface area contributed by atoms with Crippen LogP contribution in [0.15, 0.2) is 45.3 Å². The maximum atomic E-state index is 13.6. The van der Waals surface area contributed by atoms with E-state index in [1.54, 1.807) is 24.3 Å². The van der Waals surface area contributed by atoms with Crippen molar-refractivity contribution >= 4 is 31.9 Å². The topological polar surface area (TPSA) is 0 Å². The maximum Gasteiger partial charge on any atom is 0.364 e. The van der Waals surface area contributed by atoms with Crippen molar-refractivity contribution in [1.82, 2.24) is 0 Å². The van der Waals surface area contributed by atoms with Crippen molar-refractivity contribution in [3.8, 4) is 0 Å². The predicted octanol–water partition coefficient (Wildman–Crippen LogP) is 1.62. The van der Waals surface area contributed by atoms with E-state index in [0.717, 1.165) is 8.95 Å². The van der Waals surface area contributed by atoms with Crippen LogP contribution >= 0.6 is 31.9 Å². The first-order valence-electron chi connectivity index (χ1n) is 4.61. The van der Waals surface area contributed by atoms with Crippen LogP contribution in [0.5, 0.6) is 0 Å². The van der Waals surface area contributed by atoms with Gasteiger partial charge in [0, 0.05) is 21.1 Å². The molecule has 0 saturated heterocycles. The van der Waals surface area contributed by atoms with Crippen molar-refractivity contribution in [1.29, 1.82) is 0 Å². The zero-order valence-corrected chi connectivity index (χ0v) is 13.7. The third-order valence-electron chi connectivity index (χ3n) is 1.97. The van der Waals surface area contributed by atoms with E-state index >= 15 is 0 Å². The Morgan fingerprint density at radius 2 is 1.18 bits per heavy atom. The number of halogens is 5. The second-order valence-corrected chi connectivity index (χ2v) is 7.91. The third kappa shape index (κ3) is 3.48. The van der Waals surface area contributed by atoms with Gasteiger partial charge in [0.2, 0.25) is 7.14 Å².